The maximum Gasteiger partial charge on any atom is 0.334 e. The van der Waals surface area contributed by atoms with E-state index >= 15 is 0 Å². The number of carbonyl (C=O) groups excluding carboxylic acids is 1. The number of carbonyl (C=O) groups is 1. The number of alkyl halides is 3. The first-order valence-corrected chi connectivity index (χ1v) is 5.12. The number of benzene rings is 1. The molecule has 0 unspecified atom stereocenters. The van der Waals surface area contributed by atoms with Crippen LogP contribution in [0.5, 0.6) is 0 Å². The molecular weight excluding hydrogens is 268 g/mol. The molecule has 6 heteroatoms. The minimum absolute atomic E-state index is 0.258. The lowest BCUT2D eigenvalue weighted by atomic mass is 10.1. The third-order valence-corrected chi connectivity index (χ3v) is 2.62. The average molecular weight is 273 g/mol. The Labute approximate surface area is 99.9 Å². The van der Waals surface area contributed by atoms with Crippen molar-refractivity contribution in [3.8, 4) is 0 Å². The Morgan fingerprint density at radius 3 is 2.13 bits per heavy atom. The molecule has 0 saturated carbocycles. The molecule has 1 aromatic carbocycles. The van der Waals surface area contributed by atoms with Gasteiger partial charge in [-0.15, -0.1) is 11.6 Å². The Balaban J connectivity index is 3.32. The van der Waals surface area contributed by atoms with Crippen molar-refractivity contribution in [1.82, 2.24) is 0 Å². The third-order valence-electron chi connectivity index (χ3n) is 1.75. The van der Waals surface area contributed by atoms with Crippen LogP contribution in [0.15, 0.2) is 18.2 Å². The van der Waals surface area contributed by atoms with Gasteiger partial charge in [-0.25, -0.2) is 0 Å². The highest BCUT2D eigenvalue weighted by atomic mass is 35.5. The van der Waals surface area contributed by atoms with Gasteiger partial charge in [-0.2, -0.15) is 8.78 Å². The lowest BCUT2D eigenvalue weighted by Crippen LogP contribution is -2.27. The molecule has 82 valence electrons. The summed E-state index contributed by atoms with van der Waals surface area (Å²) in [6, 6.07) is 3.88. The van der Waals surface area contributed by atoms with Crippen LogP contribution >= 0.6 is 34.8 Å². The first-order chi connectivity index (χ1) is 6.91. The quantitative estimate of drug-likeness (QED) is 0.764. The zero-order valence-corrected chi connectivity index (χ0v) is 9.51. The van der Waals surface area contributed by atoms with Crippen molar-refractivity contribution in [2.45, 2.75) is 5.92 Å². The normalized spacial score (nSPS) is 11.5. The number of rotatable bonds is 3. The maximum atomic E-state index is 13.5. The zero-order chi connectivity index (χ0) is 11.6. The summed E-state index contributed by atoms with van der Waals surface area (Å²) in [5.41, 5.74) is -0.695. The van der Waals surface area contributed by atoms with Crippen LogP contribution in [0.25, 0.3) is 0 Å². The fourth-order valence-corrected chi connectivity index (χ4v) is 1.82. The van der Waals surface area contributed by atoms with Crippen LogP contribution in [0.4, 0.5) is 8.78 Å². The van der Waals surface area contributed by atoms with Crippen LogP contribution in [-0.2, 0) is 10.7 Å². The molecule has 1 rings (SSSR count). The van der Waals surface area contributed by atoms with E-state index in [2.05, 4.69) is 0 Å². The predicted octanol–water partition coefficient (Wildman–Crippen LogP) is 3.89. The standard InChI is InChI=1S/C9H5Cl3F2O/c10-4-7(15)9(13,14)8-5(11)2-1-3-6(8)12/h1-3H,4H2. The van der Waals surface area contributed by atoms with Gasteiger partial charge in [0.2, 0.25) is 5.78 Å². The summed E-state index contributed by atoms with van der Waals surface area (Å²) >= 11 is 16.2. The van der Waals surface area contributed by atoms with E-state index in [-0.39, 0.29) is 10.0 Å². The molecule has 0 atom stereocenters. The second-order valence-electron chi connectivity index (χ2n) is 2.73. The van der Waals surface area contributed by atoms with E-state index in [0.717, 1.165) is 0 Å². The van der Waals surface area contributed by atoms with E-state index in [1.807, 2.05) is 0 Å². The van der Waals surface area contributed by atoms with Gasteiger partial charge < -0.3 is 0 Å². The van der Waals surface area contributed by atoms with Crippen molar-refractivity contribution in [3.05, 3.63) is 33.8 Å². The fraction of sp³-hybridized carbons (Fsp3) is 0.222. The van der Waals surface area contributed by atoms with E-state index in [9.17, 15) is 13.6 Å². The van der Waals surface area contributed by atoms with Gasteiger partial charge in [0.15, 0.2) is 0 Å². The summed E-state index contributed by atoms with van der Waals surface area (Å²) in [6.07, 6.45) is 0. The average Bonchev–Trinajstić information content (AvgIpc) is 2.15. The molecule has 0 bridgehead atoms. The van der Waals surface area contributed by atoms with E-state index in [1.54, 1.807) is 0 Å². The fourth-order valence-electron chi connectivity index (χ4n) is 1.02. The molecule has 0 amide bonds. The van der Waals surface area contributed by atoms with Crippen molar-refractivity contribution >= 4 is 40.6 Å². The van der Waals surface area contributed by atoms with Gasteiger partial charge in [0, 0.05) is 0 Å². The molecule has 15 heavy (non-hydrogen) atoms. The lowest BCUT2D eigenvalue weighted by Gasteiger charge is -2.16. The maximum absolute atomic E-state index is 13.5. The van der Waals surface area contributed by atoms with Gasteiger partial charge in [0.05, 0.1) is 21.5 Å². The Bertz CT molecular complexity index is 373. The van der Waals surface area contributed by atoms with E-state index in [0.29, 0.717) is 0 Å². The van der Waals surface area contributed by atoms with Gasteiger partial charge in [-0.3, -0.25) is 4.79 Å². The molecule has 0 fully saturated rings. The SMILES string of the molecule is O=C(CCl)C(F)(F)c1c(Cl)cccc1Cl. The Kier molecular flexibility index (Phi) is 3.93. The molecule has 1 nitrogen and oxygen atoms in total. The van der Waals surface area contributed by atoms with Gasteiger partial charge >= 0.3 is 5.92 Å². The number of hydrogen-bond acceptors (Lipinski definition) is 1. The molecule has 1 aromatic rings. The molecule has 0 aromatic heterocycles. The zero-order valence-electron chi connectivity index (χ0n) is 7.24. The molecule has 0 saturated heterocycles. The highest BCUT2D eigenvalue weighted by Crippen LogP contribution is 2.39. The second kappa shape index (κ2) is 4.64. The summed E-state index contributed by atoms with van der Waals surface area (Å²) in [5, 5.41) is -0.517. The van der Waals surface area contributed by atoms with Crippen LogP contribution in [0.3, 0.4) is 0 Å². The summed E-state index contributed by atoms with van der Waals surface area (Å²) in [4.78, 5) is 10.9. The highest BCUT2D eigenvalue weighted by Gasteiger charge is 2.43. The molecule has 0 aliphatic rings. The number of Topliss-reactive ketones (excluding diaryl/α,β-unsaturated/α-hetero) is 1. The molecule has 0 heterocycles. The van der Waals surface area contributed by atoms with Crippen molar-refractivity contribution in [3.63, 3.8) is 0 Å². The van der Waals surface area contributed by atoms with Crippen molar-refractivity contribution in [2.75, 3.05) is 5.88 Å². The summed E-state index contributed by atoms with van der Waals surface area (Å²) in [6.45, 7) is 0. The highest BCUT2D eigenvalue weighted by molar-refractivity contribution is 6.37. The number of hydrogen-bond donors (Lipinski definition) is 0. The second-order valence-corrected chi connectivity index (χ2v) is 3.81. The summed E-state index contributed by atoms with van der Waals surface area (Å²) in [7, 11) is 0. The number of ketones is 1. The first kappa shape index (κ1) is 12.7. The molecule has 0 aliphatic carbocycles. The Hall–Kier alpha value is -0.380. The summed E-state index contributed by atoms with van der Waals surface area (Å²) < 4.78 is 26.9. The van der Waals surface area contributed by atoms with Crippen LogP contribution in [0.1, 0.15) is 5.56 Å². The van der Waals surface area contributed by atoms with E-state index < -0.39 is 23.1 Å². The molecule has 0 spiro atoms. The smallest absolute Gasteiger partial charge is 0.291 e. The van der Waals surface area contributed by atoms with E-state index in [1.165, 1.54) is 18.2 Å². The minimum atomic E-state index is -3.75. The lowest BCUT2D eigenvalue weighted by molar-refractivity contribution is -0.141. The predicted molar refractivity (Wildman–Crippen MR) is 56.1 cm³/mol. The van der Waals surface area contributed by atoms with Gasteiger partial charge in [-0.05, 0) is 12.1 Å². The topological polar surface area (TPSA) is 17.1 Å². The van der Waals surface area contributed by atoms with E-state index in [4.69, 9.17) is 34.8 Å². The van der Waals surface area contributed by atoms with Crippen molar-refractivity contribution < 1.29 is 13.6 Å². The third kappa shape index (κ3) is 2.41. The minimum Gasteiger partial charge on any atom is -0.291 e. The molecular formula is C9H5Cl3F2O. The molecule has 0 N–H and O–H groups in total. The number of halogens is 5. The molecule has 0 aliphatic heterocycles. The first-order valence-electron chi connectivity index (χ1n) is 3.82. The monoisotopic (exact) mass is 272 g/mol. The summed E-state index contributed by atoms with van der Waals surface area (Å²) in [5.74, 6) is -5.98. The van der Waals surface area contributed by atoms with Crippen molar-refractivity contribution in [1.29, 1.82) is 0 Å². The Morgan fingerprint density at radius 1 is 1.27 bits per heavy atom. The van der Waals surface area contributed by atoms with Crippen LogP contribution in [0, 0.1) is 0 Å². The largest absolute Gasteiger partial charge is 0.334 e. The van der Waals surface area contributed by atoms with Gasteiger partial charge in [-0.1, -0.05) is 29.3 Å². The van der Waals surface area contributed by atoms with Gasteiger partial charge in [0.25, 0.3) is 0 Å². The van der Waals surface area contributed by atoms with Crippen LogP contribution < -0.4 is 0 Å². The molecule has 0 radical (unpaired) electrons. The van der Waals surface area contributed by atoms with Gasteiger partial charge in [0.1, 0.15) is 0 Å². The van der Waals surface area contributed by atoms with Crippen LogP contribution in [-0.4, -0.2) is 11.7 Å². The Morgan fingerprint density at radius 2 is 1.73 bits per heavy atom. The van der Waals surface area contributed by atoms with Crippen LogP contribution in [0.2, 0.25) is 10.0 Å². The van der Waals surface area contributed by atoms with Crippen molar-refractivity contribution in [2.24, 2.45) is 0 Å².